The average Bonchev–Trinajstić information content (AvgIpc) is 2.35. The van der Waals surface area contributed by atoms with E-state index >= 15 is 0 Å². The molecular weight excluding hydrogens is 220 g/mol. The molecule has 0 saturated carbocycles. The number of rotatable bonds is 1. The van der Waals surface area contributed by atoms with Crippen LogP contribution in [0, 0.1) is 0 Å². The van der Waals surface area contributed by atoms with Gasteiger partial charge in [0.2, 0.25) is 0 Å². The van der Waals surface area contributed by atoms with Crippen LogP contribution in [-0.2, 0) is 9.63 Å². The van der Waals surface area contributed by atoms with Crippen molar-refractivity contribution in [1.29, 1.82) is 0 Å². The molecule has 1 amide bonds. The van der Waals surface area contributed by atoms with Crippen molar-refractivity contribution in [3.05, 3.63) is 42.1 Å². The monoisotopic (exact) mass is 230 g/mol. The van der Waals surface area contributed by atoms with Crippen molar-refractivity contribution in [2.45, 2.75) is 6.92 Å². The van der Waals surface area contributed by atoms with Crippen LogP contribution in [0.5, 0.6) is 0 Å². The second-order valence-corrected chi connectivity index (χ2v) is 3.41. The Balaban J connectivity index is 2.24. The first-order valence-corrected chi connectivity index (χ1v) is 5.00. The largest absolute Gasteiger partial charge is 0.341 e. The molecule has 5 nitrogen and oxygen atoms in total. The average molecular weight is 230 g/mol. The van der Waals surface area contributed by atoms with Crippen LogP contribution in [0.15, 0.2) is 36.4 Å². The molecule has 1 heterocycles. The number of nitrogens with one attached hydrogen (secondary N) is 1. The molecule has 1 aromatic carbocycles. The zero-order valence-electron chi connectivity index (χ0n) is 9.14. The van der Waals surface area contributed by atoms with Crippen LogP contribution in [-0.4, -0.2) is 16.9 Å². The van der Waals surface area contributed by atoms with Gasteiger partial charge in [0.25, 0.3) is 0 Å². The molecule has 0 bridgehead atoms. The Labute approximate surface area is 97.4 Å². The third-order valence-corrected chi connectivity index (χ3v) is 2.12. The number of benzene rings is 1. The van der Waals surface area contributed by atoms with E-state index in [-0.39, 0.29) is 5.69 Å². The minimum atomic E-state index is -0.584. The molecule has 17 heavy (non-hydrogen) atoms. The van der Waals surface area contributed by atoms with Gasteiger partial charge in [-0.05, 0) is 12.1 Å². The SMILES string of the molecule is CC(=O)ONC(=O)c1ccc2ccccc2n1. The highest BCUT2D eigenvalue weighted by Crippen LogP contribution is 2.11. The van der Waals surface area contributed by atoms with E-state index in [4.69, 9.17) is 0 Å². The lowest BCUT2D eigenvalue weighted by molar-refractivity contribution is -0.146. The molecule has 0 aliphatic carbocycles. The summed E-state index contributed by atoms with van der Waals surface area (Å²) in [6.07, 6.45) is 0. The fraction of sp³-hybridized carbons (Fsp3) is 0.0833. The summed E-state index contributed by atoms with van der Waals surface area (Å²) in [6.45, 7) is 1.20. The molecule has 86 valence electrons. The van der Waals surface area contributed by atoms with Crippen LogP contribution in [0.1, 0.15) is 17.4 Å². The summed E-state index contributed by atoms with van der Waals surface area (Å²) in [4.78, 5) is 30.6. The van der Waals surface area contributed by atoms with Crippen molar-refractivity contribution in [1.82, 2.24) is 10.5 Å². The molecular formula is C12H10N2O3. The molecule has 0 spiro atoms. The lowest BCUT2D eigenvalue weighted by Gasteiger charge is -2.03. The Morgan fingerprint density at radius 3 is 2.71 bits per heavy atom. The van der Waals surface area contributed by atoms with Crippen molar-refractivity contribution in [2.75, 3.05) is 0 Å². The molecule has 0 fully saturated rings. The van der Waals surface area contributed by atoms with Gasteiger partial charge in [-0.1, -0.05) is 24.3 Å². The Morgan fingerprint density at radius 1 is 1.18 bits per heavy atom. The van der Waals surface area contributed by atoms with Gasteiger partial charge in [0.05, 0.1) is 5.52 Å². The lowest BCUT2D eigenvalue weighted by Crippen LogP contribution is -2.26. The van der Waals surface area contributed by atoms with E-state index in [9.17, 15) is 9.59 Å². The molecule has 0 aliphatic heterocycles. The first-order valence-electron chi connectivity index (χ1n) is 5.00. The third kappa shape index (κ3) is 2.57. The molecule has 5 heteroatoms. The van der Waals surface area contributed by atoms with Crippen molar-refractivity contribution in [3.8, 4) is 0 Å². The van der Waals surface area contributed by atoms with Crippen LogP contribution in [0.3, 0.4) is 0 Å². The number of pyridine rings is 1. The van der Waals surface area contributed by atoms with Gasteiger partial charge in [-0.2, -0.15) is 5.48 Å². The third-order valence-electron chi connectivity index (χ3n) is 2.12. The quantitative estimate of drug-likeness (QED) is 0.753. The number of hydroxylamine groups is 1. The zero-order chi connectivity index (χ0) is 12.3. The van der Waals surface area contributed by atoms with E-state index in [0.717, 1.165) is 5.39 Å². The second-order valence-electron chi connectivity index (χ2n) is 3.41. The summed E-state index contributed by atoms with van der Waals surface area (Å²) in [5.41, 5.74) is 2.92. The Bertz CT molecular complexity index is 581. The normalized spacial score (nSPS) is 9.94. The fourth-order valence-corrected chi connectivity index (χ4v) is 1.36. The van der Waals surface area contributed by atoms with Gasteiger partial charge < -0.3 is 4.84 Å². The summed E-state index contributed by atoms with van der Waals surface area (Å²) in [5.74, 6) is -1.13. The smallest absolute Gasteiger partial charge is 0.329 e. The maximum atomic E-state index is 11.5. The predicted octanol–water partition coefficient (Wildman–Crippen LogP) is 1.44. The van der Waals surface area contributed by atoms with Gasteiger partial charge in [-0.15, -0.1) is 0 Å². The van der Waals surface area contributed by atoms with Gasteiger partial charge in [0.15, 0.2) is 0 Å². The highest BCUT2D eigenvalue weighted by molar-refractivity contribution is 5.94. The van der Waals surface area contributed by atoms with Gasteiger partial charge in [0.1, 0.15) is 5.69 Å². The number of amides is 1. The van der Waals surface area contributed by atoms with E-state index in [1.165, 1.54) is 6.92 Å². The van der Waals surface area contributed by atoms with Crippen LogP contribution in [0.4, 0.5) is 0 Å². The molecule has 2 rings (SSSR count). The van der Waals surface area contributed by atoms with Gasteiger partial charge in [-0.25, -0.2) is 4.98 Å². The van der Waals surface area contributed by atoms with E-state index in [1.807, 2.05) is 23.7 Å². The van der Waals surface area contributed by atoms with Gasteiger partial charge in [-0.3, -0.25) is 9.59 Å². The van der Waals surface area contributed by atoms with Crippen molar-refractivity contribution < 1.29 is 14.4 Å². The summed E-state index contributed by atoms with van der Waals surface area (Å²) >= 11 is 0. The van der Waals surface area contributed by atoms with E-state index in [1.54, 1.807) is 18.2 Å². The van der Waals surface area contributed by atoms with E-state index in [0.29, 0.717) is 5.52 Å². The molecule has 2 aromatic rings. The van der Waals surface area contributed by atoms with Crippen LogP contribution >= 0.6 is 0 Å². The number of carbonyl (C=O) groups excluding carboxylic acids is 2. The first kappa shape index (κ1) is 11.1. The molecule has 0 unspecified atom stereocenters. The maximum absolute atomic E-state index is 11.5. The number of aromatic nitrogens is 1. The summed E-state index contributed by atoms with van der Waals surface area (Å²) in [6, 6.07) is 10.8. The molecule has 0 saturated heterocycles. The standard InChI is InChI=1S/C12H10N2O3/c1-8(15)17-14-12(16)11-7-6-9-4-2-3-5-10(9)13-11/h2-7H,1H3,(H,14,16). The molecule has 0 radical (unpaired) electrons. The number of carbonyl (C=O) groups is 2. The Morgan fingerprint density at radius 2 is 1.94 bits per heavy atom. The minimum Gasteiger partial charge on any atom is -0.341 e. The number of para-hydroxylation sites is 1. The van der Waals surface area contributed by atoms with Crippen molar-refractivity contribution >= 4 is 22.8 Å². The summed E-state index contributed by atoms with van der Waals surface area (Å²) < 4.78 is 0. The van der Waals surface area contributed by atoms with Crippen LogP contribution in [0.2, 0.25) is 0 Å². The van der Waals surface area contributed by atoms with Crippen molar-refractivity contribution in [3.63, 3.8) is 0 Å². The topological polar surface area (TPSA) is 68.3 Å². The summed E-state index contributed by atoms with van der Waals surface area (Å²) in [5, 5.41) is 0.941. The van der Waals surface area contributed by atoms with Gasteiger partial charge in [0, 0.05) is 12.3 Å². The number of hydrogen-bond donors (Lipinski definition) is 1. The van der Waals surface area contributed by atoms with E-state index in [2.05, 4.69) is 9.82 Å². The number of fused-ring (bicyclic) bond motifs is 1. The number of hydrogen-bond acceptors (Lipinski definition) is 4. The highest BCUT2D eigenvalue weighted by Gasteiger charge is 2.08. The molecule has 1 N–H and O–H groups in total. The maximum Gasteiger partial charge on any atom is 0.329 e. The second kappa shape index (κ2) is 4.61. The highest BCUT2D eigenvalue weighted by atomic mass is 16.7. The fourth-order valence-electron chi connectivity index (χ4n) is 1.36. The number of nitrogens with zero attached hydrogens (tertiary/aromatic N) is 1. The zero-order valence-corrected chi connectivity index (χ0v) is 9.14. The van der Waals surface area contributed by atoms with Crippen LogP contribution in [0.25, 0.3) is 10.9 Å². The summed E-state index contributed by atoms with van der Waals surface area (Å²) in [7, 11) is 0. The van der Waals surface area contributed by atoms with E-state index < -0.39 is 11.9 Å². The van der Waals surface area contributed by atoms with Crippen LogP contribution < -0.4 is 5.48 Å². The van der Waals surface area contributed by atoms with Gasteiger partial charge >= 0.3 is 11.9 Å². The minimum absolute atomic E-state index is 0.199. The lowest BCUT2D eigenvalue weighted by atomic mass is 10.2. The Hall–Kier alpha value is -2.43. The molecule has 0 aliphatic rings. The van der Waals surface area contributed by atoms with Crippen molar-refractivity contribution in [2.24, 2.45) is 0 Å². The molecule has 0 atom stereocenters. The predicted molar refractivity (Wildman–Crippen MR) is 61.0 cm³/mol. The molecule has 1 aromatic heterocycles. The Kier molecular flexibility index (Phi) is 3.00. The first-order chi connectivity index (χ1) is 8.16.